The normalized spacial score (nSPS) is 10.2. The molecular formula is C19H23NO5. The molecule has 0 aliphatic heterocycles. The van der Waals surface area contributed by atoms with Crippen LogP contribution in [0.2, 0.25) is 0 Å². The van der Waals surface area contributed by atoms with Crippen LogP contribution in [0.15, 0.2) is 42.5 Å². The Kier molecular flexibility index (Phi) is 7.10. The van der Waals surface area contributed by atoms with Crippen molar-refractivity contribution in [2.45, 2.75) is 6.92 Å². The number of carbonyl (C=O) groups excluding carboxylic acids is 1. The molecule has 25 heavy (non-hydrogen) atoms. The molecule has 134 valence electrons. The standard InChI is InChI=1S/C19H23NO5/c1-4-24-10-11-25-16-7-5-6-14(12-16)20-19(21)17-9-8-15(22-2)13-18(17)23-3/h5-9,12-13H,4,10-11H2,1-3H3,(H,20,21). The zero-order valence-corrected chi connectivity index (χ0v) is 14.7. The van der Waals surface area contributed by atoms with Crippen molar-refractivity contribution in [2.24, 2.45) is 0 Å². The van der Waals surface area contributed by atoms with Gasteiger partial charge >= 0.3 is 0 Å². The Labute approximate surface area is 147 Å². The summed E-state index contributed by atoms with van der Waals surface area (Å²) in [6, 6.07) is 12.2. The molecule has 6 heteroatoms. The average Bonchev–Trinajstić information content (AvgIpc) is 2.65. The van der Waals surface area contributed by atoms with Crippen LogP contribution in [0, 0.1) is 0 Å². The van der Waals surface area contributed by atoms with Gasteiger partial charge in [-0.2, -0.15) is 0 Å². The second kappa shape index (κ2) is 9.54. The maximum atomic E-state index is 12.5. The number of benzene rings is 2. The number of ether oxygens (including phenoxy) is 4. The Morgan fingerprint density at radius 3 is 2.56 bits per heavy atom. The van der Waals surface area contributed by atoms with Crippen LogP contribution in [-0.2, 0) is 4.74 Å². The van der Waals surface area contributed by atoms with E-state index in [1.165, 1.54) is 7.11 Å². The Bertz CT molecular complexity index is 702. The highest BCUT2D eigenvalue weighted by Crippen LogP contribution is 2.26. The minimum atomic E-state index is -0.272. The van der Waals surface area contributed by atoms with Gasteiger partial charge < -0.3 is 24.3 Å². The lowest BCUT2D eigenvalue weighted by molar-refractivity contribution is 0.102. The number of amides is 1. The summed E-state index contributed by atoms with van der Waals surface area (Å²) in [5.74, 6) is 1.46. The molecule has 2 rings (SSSR count). The SMILES string of the molecule is CCOCCOc1cccc(NC(=O)c2ccc(OC)cc2OC)c1. The van der Waals surface area contributed by atoms with E-state index in [-0.39, 0.29) is 5.91 Å². The molecule has 0 radical (unpaired) electrons. The zero-order valence-electron chi connectivity index (χ0n) is 14.7. The van der Waals surface area contributed by atoms with Crippen molar-refractivity contribution < 1.29 is 23.7 Å². The van der Waals surface area contributed by atoms with Gasteiger partial charge in [0.05, 0.1) is 26.4 Å². The second-order valence-corrected chi connectivity index (χ2v) is 5.09. The van der Waals surface area contributed by atoms with E-state index in [1.54, 1.807) is 37.4 Å². The van der Waals surface area contributed by atoms with E-state index in [1.807, 2.05) is 19.1 Å². The number of nitrogens with one attached hydrogen (secondary N) is 1. The molecule has 0 atom stereocenters. The minimum Gasteiger partial charge on any atom is -0.497 e. The molecule has 0 bridgehead atoms. The number of anilines is 1. The summed E-state index contributed by atoms with van der Waals surface area (Å²) < 4.78 is 21.2. The smallest absolute Gasteiger partial charge is 0.259 e. The largest absolute Gasteiger partial charge is 0.497 e. The van der Waals surface area contributed by atoms with Crippen molar-refractivity contribution in [1.82, 2.24) is 0 Å². The van der Waals surface area contributed by atoms with E-state index in [4.69, 9.17) is 18.9 Å². The van der Waals surface area contributed by atoms with Gasteiger partial charge in [-0.3, -0.25) is 4.79 Å². The monoisotopic (exact) mass is 345 g/mol. The molecule has 0 saturated heterocycles. The van der Waals surface area contributed by atoms with Gasteiger partial charge in [-0.05, 0) is 31.2 Å². The van der Waals surface area contributed by atoms with Crippen LogP contribution in [0.3, 0.4) is 0 Å². The van der Waals surface area contributed by atoms with Gasteiger partial charge in [0.1, 0.15) is 23.9 Å². The van der Waals surface area contributed by atoms with Gasteiger partial charge in [0.2, 0.25) is 0 Å². The molecule has 1 amide bonds. The predicted molar refractivity (Wildman–Crippen MR) is 95.9 cm³/mol. The van der Waals surface area contributed by atoms with Crippen molar-refractivity contribution in [3.8, 4) is 17.2 Å². The highest BCUT2D eigenvalue weighted by Gasteiger charge is 2.13. The van der Waals surface area contributed by atoms with Crippen molar-refractivity contribution >= 4 is 11.6 Å². The number of rotatable bonds is 9. The molecule has 0 aliphatic rings. The van der Waals surface area contributed by atoms with Crippen LogP contribution >= 0.6 is 0 Å². The third kappa shape index (κ3) is 5.39. The van der Waals surface area contributed by atoms with E-state index in [2.05, 4.69) is 5.32 Å². The number of hydrogen-bond acceptors (Lipinski definition) is 5. The quantitative estimate of drug-likeness (QED) is 0.706. The van der Waals surface area contributed by atoms with Crippen LogP contribution in [-0.4, -0.2) is 39.9 Å². The van der Waals surface area contributed by atoms with Gasteiger partial charge in [-0.1, -0.05) is 6.07 Å². The molecule has 1 N–H and O–H groups in total. The number of methoxy groups -OCH3 is 2. The van der Waals surface area contributed by atoms with Crippen molar-refractivity contribution in [2.75, 3.05) is 39.4 Å². The maximum absolute atomic E-state index is 12.5. The predicted octanol–water partition coefficient (Wildman–Crippen LogP) is 3.37. The summed E-state index contributed by atoms with van der Waals surface area (Å²) in [7, 11) is 3.07. The molecule has 6 nitrogen and oxygen atoms in total. The topological polar surface area (TPSA) is 66.0 Å². The Morgan fingerprint density at radius 1 is 1.00 bits per heavy atom. The molecule has 0 fully saturated rings. The van der Waals surface area contributed by atoms with Crippen molar-refractivity contribution in [3.05, 3.63) is 48.0 Å². The van der Waals surface area contributed by atoms with Crippen molar-refractivity contribution in [3.63, 3.8) is 0 Å². The highest BCUT2D eigenvalue weighted by atomic mass is 16.5. The first-order valence-corrected chi connectivity index (χ1v) is 8.02. The number of carbonyl (C=O) groups is 1. The summed E-state index contributed by atoms with van der Waals surface area (Å²) >= 11 is 0. The van der Waals surface area contributed by atoms with Crippen LogP contribution in [0.25, 0.3) is 0 Å². The summed E-state index contributed by atoms with van der Waals surface area (Å²) in [4.78, 5) is 12.5. The van der Waals surface area contributed by atoms with Crippen molar-refractivity contribution in [1.29, 1.82) is 0 Å². The lowest BCUT2D eigenvalue weighted by atomic mass is 10.1. The Hall–Kier alpha value is -2.73. The maximum Gasteiger partial charge on any atom is 0.259 e. The fourth-order valence-corrected chi connectivity index (χ4v) is 2.21. The fraction of sp³-hybridized carbons (Fsp3) is 0.316. The van der Waals surface area contributed by atoms with Crippen LogP contribution < -0.4 is 19.5 Å². The Balaban J connectivity index is 2.05. The highest BCUT2D eigenvalue weighted by molar-refractivity contribution is 6.06. The summed E-state index contributed by atoms with van der Waals surface area (Å²) in [5.41, 5.74) is 1.06. The first kappa shape index (κ1) is 18.6. The van der Waals surface area contributed by atoms with Gasteiger partial charge in [0, 0.05) is 24.4 Å². The van der Waals surface area contributed by atoms with Crippen LogP contribution in [0.5, 0.6) is 17.2 Å². The summed E-state index contributed by atoms with van der Waals surface area (Å²) in [5, 5.41) is 2.84. The summed E-state index contributed by atoms with van der Waals surface area (Å²) in [6.45, 7) is 3.57. The average molecular weight is 345 g/mol. The second-order valence-electron chi connectivity index (χ2n) is 5.09. The Morgan fingerprint density at radius 2 is 1.84 bits per heavy atom. The van der Waals surface area contributed by atoms with Gasteiger partial charge in [-0.25, -0.2) is 0 Å². The van der Waals surface area contributed by atoms with E-state index >= 15 is 0 Å². The lowest BCUT2D eigenvalue weighted by Gasteiger charge is -2.12. The van der Waals surface area contributed by atoms with Gasteiger partial charge in [-0.15, -0.1) is 0 Å². The first-order chi connectivity index (χ1) is 12.2. The molecule has 0 unspecified atom stereocenters. The fourth-order valence-electron chi connectivity index (χ4n) is 2.21. The van der Waals surface area contributed by atoms with Gasteiger partial charge in [0.25, 0.3) is 5.91 Å². The van der Waals surface area contributed by atoms with Gasteiger partial charge in [0.15, 0.2) is 0 Å². The molecule has 0 aromatic heterocycles. The lowest BCUT2D eigenvalue weighted by Crippen LogP contribution is -2.13. The van der Waals surface area contributed by atoms with Crippen LogP contribution in [0.1, 0.15) is 17.3 Å². The third-order valence-corrected chi connectivity index (χ3v) is 3.45. The zero-order chi connectivity index (χ0) is 18.1. The van der Waals surface area contributed by atoms with E-state index < -0.39 is 0 Å². The van der Waals surface area contributed by atoms with E-state index in [9.17, 15) is 4.79 Å². The molecule has 0 heterocycles. The first-order valence-electron chi connectivity index (χ1n) is 8.02. The number of hydrogen-bond donors (Lipinski definition) is 1. The molecular weight excluding hydrogens is 322 g/mol. The van der Waals surface area contributed by atoms with E-state index in [0.717, 1.165) is 0 Å². The molecule has 2 aromatic carbocycles. The molecule has 0 aliphatic carbocycles. The minimum absolute atomic E-state index is 0.272. The van der Waals surface area contributed by atoms with E-state index in [0.29, 0.717) is 48.3 Å². The van der Waals surface area contributed by atoms with Crippen LogP contribution in [0.4, 0.5) is 5.69 Å². The molecule has 0 saturated carbocycles. The molecule has 0 spiro atoms. The third-order valence-electron chi connectivity index (χ3n) is 3.45. The summed E-state index contributed by atoms with van der Waals surface area (Å²) in [6.07, 6.45) is 0. The molecule has 2 aromatic rings.